The number of hydrogen-bond acceptors (Lipinski definition) is 3. The molecule has 0 saturated carbocycles. The molecule has 1 aromatic carbocycles. The number of piperidine rings is 1. The van der Waals surface area contributed by atoms with Crippen LogP contribution in [-0.4, -0.2) is 38.4 Å². The number of likely N-dealkylation sites (tertiary alicyclic amines) is 1. The fraction of sp³-hybridized carbons (Fsp3) is 0.462. The summed E-state index contributed by atoms with van der Waals surface area (Å²) < 4.78 is 65.2. The molecule has 0 aliphatic carbocycles. The Kier molecular flexibility index (Phi) is 4.97. The number of halogens is 3. The van der Waals surface area contributed by atoms with Crippen molar-refractivity contribution in [1.82, 2.24) is 9.62 Å². The molecule has 1 amide bonds. The Balaban J connectivity index is 2.02. The van der Waals surface area contributed by atoms with Gasteiger partial charge in [0.15, 0.2) is 0 Å². The number of carbonyl (C=O) groups excluding carboxylic acids is 1. The van der Waals surface area contributed by atoms with Crippen LogP contribution in [0.1, 0.15) is 18.4 Å². The second-order valence-electron chi connectivity index (χ2n) is 5.31. The first-order chi connectivity index (χ1) is 10.6. The quantitative estimate of drug-likeness (QED) is 0.836. The Morgan fingerprint density at radius 1 is 1.22 bits per heavy atom. The van der Waals surface area contributed by atoms with Gasteiger partial charge in [0, 0.05) is 24.7 Å². The lowest BCUT2D eigenvalue weighted by Crippen LogP contribution is -2.51. The number of nitrogens with two attached hydrogens (primary N) is 1. The van der Waals surface area contributed by atoms with Crippen molar-refractivity contribution in [3.8, 4) is 0 Å². The summed E-state index contributed by atoms with van der Waals surface area (Å²) >= 11 is 0. The summed E-state index contributed by atoms with van der Waals surface area (Å²) in [6.45, 7) is -0.0500. The maximum absolute atomic E-state index is 14.2. The molecule has 0 spiro atoms. The second kappa shape index (κ2) is 6.46. The summed E-state index contributed by atoms with van der Waals surface area (Å²) in [6, 6.07) is 2.95. The maximum atomic E-state index is 14.2. The molecule has 10 heteroatoms. The molecule has 23 heavy (non-hydrogen) atoms. The van der Waals surface area contributed by atoms with E-state index in [1.807, 2.05) is 0 Å². The molecule has 0 unspecified atom stereocenters. The minimum atomic E-state index is -3.87. The molecule has 0 radical (unpaired) electrons. The summed E-state index contributed by atoms with van der Waals surface area (Å²) in [5.74, 6) is -5.83. The standard InChI is InChI=1S/C13H16F3N3O3S/c14-10-3-1-9(2-4-10)13(15,16)12(20)19-7-5-11(6-8-19)18-23(17,21)22/h1-4,11,18H,5-8H2,(H2,17,21,22). The van der Waals surface area contributed by atoms with Crippen LogP contribution < -0.4 is 9.86 Å². The van der Waals surface area contributed by atoms with Crippen molar-refractivity contribution in [2.75, 3.05) is 13.1 Å². The smallest absolute Gasteiger partial charge is 0.337 e. The summed E-state index contributed by atoms with van der Waals surface area (Å²) in [4.78, 5) is 13.0. The van der Waals surface area contributed by atoms with E-state index in [0.29, 0.717) is 0 Å². The zero-order valence-corrected chi connectivity index (χ0v) is 12.8. The number of hydrogen-bond donors (Lipinski definition) is 2. The van der Waals surface area contributed by atoms with E-state index in [9.17, 15) is 26.4 Å². The fourth-order valence-corrected chi connectivity index (χ4v) is 3.11. The molecule has 1 fully saturated rings. The van der Waals surface area contributed by atoms with Gasteiger partial charge >= 0.3 is 5.92 Å². The molecule has 1 aliphatic rings. The molecule has 3 N–H and O–H groups in total. The molecule has 1 aliphatic heterocycles. The lowest BCUT2D eigenvalue weighted by molar-refractivity contribution is -0.160. The lowest BCUT2D eigenvalue weighted by atomic mass is 10.0. The zero-order chi connectivity index (χ0) is 17.3. The third-order valence-corrected chi connectivity index (χ3v) is 4.25. The molecule has 128 valence electrons. The Morgan fingerprint density at radius 2 is 1.74 bits per heavy atom. The molecular formula is C13H16F3N3O3S. The number of amides is 1. The average Bonchev–Trinajstić information content (AvgIpc) is 2.46. The van der Waals surface area contributed by atoms with Crippen molar-refractivity contribution in [2.24, 2.45) is 5.14 Å². The van der Waals surface area contributed by atoms with E-state index in [1.165, 1.54) is 0 Å². The van der Waals surface area contributed by atoms with Gasteiger partial charge in [0.05, 0.1) is 0 Å². The second-order valence-corrected chi connectivity index (χ2v) is 6.64. The maximum Gasteiger partial charge on any atom is 0.349 e. The van der Waals surface area contributed by atoms with Gasteiger partial charge in [0.2, 0.25) is 0 Å². The molecule has 0 bridgehead atoms. The highest BCUT2D eigenvalue weighted by Gasteiger charge is 2.44. The van der Waals surface area contributed by atoms with Gasteiger partial charge in [-0.15, -0.1) is 0 Å². The van der Waals surface area contributed by atoms with Crippen molar-refractivity contribution in [1.29, 1.82) is 0 Å². The van der Waals surface area contributed by atoms with E-state index in [0.717, 1.165) is 29.2 Å². The van der Waals surface area contributed by atoms with Gasteiger partial charge < -0.3 is 4.90 Å². The van der Waals surface area contributed by atoms with E-state index < -0.39 is 39.5 Å². The van der Waals surface area contributed by atoms with Crippen LogP contribution in [0.15, 0.2) is 24.3 Å². The van der Waals surface area contributed by atoms with E-state index in [-0.39, 0.29) is 25.9 Å². The third-order valence-electron chi connectivity index (χ3n) is 3.59. The van der Waals surface area contributed by atoms with Crippen molar-refractivity contribution >= 4 is 16.1 Å². The molecule has 2 rings (SSSR count). The number of benzene rings is 1. The van der Waals surface area contributed by atoms with Crippen LogP contribution >= 0.6 is 0 Å². The highest BCUT2D eigenvalue weighted by molar-refractivity contribution is 7.87. The van der Waals surface area contributed by atoms with Crippen LogP contribution in [0.2, 0.25) is 0 Å². The lowest BCUT2D eigenvalue weighted by Gasteiger charge is -2.34. The molecule has 1 aromatic rings. The van der Waals surface area contributed by atoms with Crippen LogP contribution in [-0.2, 0) is 20.9 Å². The van der Waals surface area contributed by atoms with E-state index >= 15 is 0 Å². The summed E-state index contributed by atoms with van der Waals surface area (Å²) in [5, 5.41) is 4.85. The van der Waals surface area contributed by atoms with Gasteiger partial charge in [-0.3, -0.25) is 4.79 Å². The van der Waals surface area contributed by atoms with Gasteiger partial charge in [-0.2, -0.15) is 21.9 Å². The topological polar surface area (TPSA) is 92.5 Å². The molecule has 0 aromatic heterocycles. The van der Waals surface area contributed by atoms with Gasteiger partial charge in [-0.1, -0.05) is 0 Å². The first-order valence-electron chi connectivity index (χ1n) is 6.83. The highest BCUT2D eigenvalue weighted by atomic mass is 32.2. The van der Waals surface area contributed by atoms with Crippen LogP contribution in [0.25, 0.3) is 0 Å². The largest absolute Gasteiger partial charge is 0.349 e. The minimum absolute atomic E-state index is 0.0250. The predicted molar refractivity (Wildman–Crippen MR) is 76.1 cm³/mol. The van der Waals surface area contributed by atoms with Gasteiger partial charge in [-0.05, 0) is 37.1 Å². The number of nitrogens with one attached hydrogen (secondary N) is 1. The predicted octanol–water partition coefficient (Wildman–Crippen LogP) is 0.702. The van der Waals surface area contributed by atoms with E-state index in [2.05, 4.69) is 4.72 Å². The normalized spacial score (nSPS) is 17.3. The number of nitrogens with zero attached hydrogens (tertiary/aromatic N) is 1. The summed E-state index contributed by atoms with van der Waals surface area (Å²) in [5.41, 5.74) is -0.589. The minimum Gasteiger partial charge on any atom is -0.337 e. The van der Waals surface area contributed by atoms with Crippen LogP contribution in [0.5, 0.6) is 0 Å². The van der Waals surface area contributed by atoms with Gasteiger partial charge in [0.1, 0.15) is 5.82 Å². The Hall–Kier alpha value is -1.65. The van der Waals surface area contributed by atoms with Gasteiger partial charge in [0.25, 0.3) is 16.1 Å². The first-order valence-corrected chi connectivity index (χ1v) is 8.37. The number of rotatable bonds is 4. The number of carbonyl (C=O) groups is 1. The van der Waals surface area contributed by atoms with E-state index in [4.69, 9.17) is 5.14 Å². The van der Waals surface area contributed by atoms with Crippen molar-refractivity contribution in [2.45, 2.75) is 24.8 Å². The van der Waals surface area contributed by atoms with Crippen LogP contribution in [0, 0.1) is 5.82 Å². The highest BCUT2D eigenvalue weighted by Crippen LogP contribution is 2.31. The van der Waals surface area contributed by atoms with Crippen molar-refractivity contribution in [3.05, 3.63) is 35.6 Å². The molecule has 1 saturated heterocycles. The first kappa shape index (κ1) is 17.7. The van der Waals surface area contributed by atoms with Gasteiger partial charge in [-0.25, -0.2) is 9.53 Å². The summed E-state index contributed by atoms with van der Waals surface area (Å²) in [7, 11) is -3.87. The Bertz CT molecular complexity index is 671. The monoisotopic (exact) mass is 351 g/mol. The number of alkyl halides is 2. The van der Waals surface area contributed by atoms with Crippen LogP contribution in [0.4, 0.5) is 13.2 Å². The molecule has 1 heterocycles. The van der Waals surface area contributed by atoms with Crippen molar-refractivity contribution in [3.63, 3.8) is 0 Å². The Morgan fingerprint density at radius 3 is 2.22 bits per heavy atom. The average molecular weight is 351 g/mol. The SMILES string of the molecule is NS(=O)(=O)NC1CCN(C(=O)C(F)(F)c2ccc(F)cc2)CC1. The third kappa shape index (κ3) is 4.43. The van der Waals surface area contributed by atoms with E-state index in [1.54, 1.807) is 0 Å². The summed E-state index contributed by atoms with van der Waals surface area (Å²) in [6.07, 6.45) is 0.364. The molecule has 6 nitrogen and oxygen atoms in total. The zero-order valence-electron chi connectivity index (χ0n) is 12.0. The fourth-order valence-electron chi connectivity index (χ4n) is 2.41. The van der Waals surface area contributed by atoms with Crippen LogP contribution in [0.3, 0.4) is 0 Å². The van der Waals surface area contributed by atoms with Crippen molar-refractivity contribution < 1.29 is 26.4 Å². The molecule has 0 atom stereocenters. The molecular weight excluding hydrogens is 335 g/mol. The Labute approximate surface area is 131 Å².